The highest BCUT2D eigenvalue weighted by molar-refractivity contribution is 5.91. The minimum Gasteiger partial charge on any atom is -0.392 e. The zero-order valence-electron chi connectivity index (χ0n) is 13.2. The summed E-state index contributed by atoms with van der Waals surface area (Å²) >= 11 is 0. The summed E-state index contributed by atoms with van der Waals surface area (Å²) in [6, 6.07) is 0. The number of carbonyl (C=O) groups is 1. The number of rotatable bonds is 0. The van der Waals surface area contributed by atoms with E-state index >= 15 is 0 Å². The van der Waals surface area contributed by atoms with E-state index < -0.39 is 0 Å². The lowest BCUT2D eigenvalue weighted by Gasteiger charge is -2.53. The summed E-state index contributed by atoms with van der Waals surface area (Å²) in [5, 5.41) is 10.4. The zero-order chi connectivity index (χ0) is 14.8. The van der Waals surface area contributed by atoms with Crippen molar-refractivity contribution in [2.75, 3.05) is 0 Å². The van der Waals surface area contributed by atoms with Gasteiger partial charge in [-0.3, -0.25) is 4.79 Å². The van der Waals surface area contributed by atoms with Gasteiger partial charge < -0.3 is 5.11 Å². The topological polar surface area (TPSA) is 37.3 Å². The normalized spacial score (nSPS) is 48.9. The van der Waals surface area contributed by atoms with E-state index in [1.807, 2.05) is 6.08 Å². The largest absolute Gasteiger partial charge is 0.392 e. The van der Waals surface area contributed by atoms with Gasteiger partial charge in [0.2, 0.25) is 0 Å². The van der Waals surface area contributed by atoms with Crippen LogP contribution in [0.25, 0.3) is 0 Å². The molecule has 2 nitrogen and oxygen atoms in total. The molecule has 0 spiro atoms. The summed E-state index contributed by atoms with van der Waals surface area (Å²) in [5.74, 6) is 1.44. The summed E-state index contributed by atoms with van der Waals surface area (Å²) in [5.41, 5.74) is 3.45. The van der Waals surface area contributed by atoms with Crippen LogP contribution in [0.3, 0.4) is 0 Å². The van der Waals surface area contributed by atoms with Crippen molar-refractivity contribution in [2.45, 2.75) is 64.9 Å². The molecule has 0 aromatic rings. The molecule has 21 heavy (non-hydrogen) atoms. The van der Waals surface area contributed by atoms with Crippen molar-refractivity contribution in [1.29, 1.82) is 0 Å². The van der Waals surface area contributed by atoms with E-state index in [-0.39, 0.29) is 16.9 Å². The molecule has 114 valence electrons. The van der Waals surface area contributed by atoms with Gasteiger partial charge >= 0.3 is 0 Å². The Morgan fingerprint density at radius 2 is 2.00 bits per heavy atom. The molecule has 0 aromatic carbocycles. The SMILES string of the molecule is C[C@]12C=CC(=O)C[C@@H]1CCC1=C3CC[C@H](O)[C@@]3(C)CC[C@@H]12. The van der Waals surface area contributed by atoms with Gasteiger partial charge in [0.15, 0.2) is 5.78 Å². The fourth-order valence-corrected chi connectivity index (χ4v) is 5.85. The number of hydrogen-bond acceptors (Lipinski definition) is 2. The second kappa shape index (κ2) is 4.32. The average molecular weight is 286 g/mol. The Bertz CT molecular complexity index is 558. The van der Waals surface area contributed by atoms with Crippen LogP contribution < -0.4 is 0 Å². The highest BCUT2D eigenvalue weighted by Gasteiger charge is 2.53. The number of fused-ring (bicyclic) bond motifs is 4. The van der Waals surface area contributed by atoms with Gasteiger partial charge in [-0.25, -0.2) is 0 Å². The van der Waals surface area contributed by atoms with Crippen LogP contribution in [-0.4, -0.2) is 17.0 Å². The van der Waals surface area contributed by atoms with Gasteiger partial charge in [-0.15, -0.1) is 0 Å². The summed E-state index contributed by atoms with van der Waals surface area (Å²) < 4.78 is 0. The van der Waals surface area contributed by atoms with Crippen LogP contribution in [0.15, 0.2) is 23.3 Å². The van der Waals surface area contributed by atoms with Gasteiger partial charge in [0.05, 0.1) is 6.10 Å². The van der Waals surface area contributed by atoms with Crippen LogP contribution in [-0.2, 0) is 4.79 Å². The number of hydrogen-bond donors (Lipinski definition) is 1. The molecule has 0 heterocycles. The van der Waals surface area contributed by atoms with E-state index in [4.69, 9.17) is 0 Å². The van der Waals surface area contributed by atoms with Crippen LogP contribution >= 0.6 is 0 Å². The van der Waals surface area contributed by atoms with Crippen molar-refractivity contribution in [2.24, 2.45) is 22.7 Å². The molecular formula is C19H26O2. The molecule has 4 aliphatic rings. The monoisotopic (exact) mass is 286 g/mol. The number of allylic oxidation sites excluding steroid dienone is 3. The highest BCUT2D eigenvalue weighted by atomic mass is 16.3. The molecule has 4 aliphatic carbocycles. The molecule has 2 fully saturated rings. The maximum Gasteiger partial charge on any atom is 0.155 e. The molecule has 0 amide bonds. The van der Waals surface area contributed by atoms with E-state index in [0.717, 1.165) is 38.5 Å². The van der Waals surface area contributed by atoms with E-state index in [1.165, 1.54) is 6.42 Å². The van der Waals surface area contributed by atoms with E-state index in [2.05, 4.69) is 19.9 Å². The third-order valence-corrected chi connectivity index (χ3v) is 7.32. The molecule has 0 radical (unpaired) electrons. The Morgan fingerprint density at radius 1 is 1.19 bits per heavy atom. The Morgan fingerprint density at radius 3 is 2.81 bits per heavy atom. The number of aliphatic hydroxyl groups is 1. The molecule has 2 heteroatoms. The van der Waals surface area contributed by atoms with Crippen LogP contribution in [0.1, 0.15) is 58.8 Å². The van der Waals surface area contributed by atoms with Gasteiger partial charge in [-0.05, 0) is 61.9 Å². The third kappa shape index (κ3) is 1.72. The fourth-order valence-electron chi connectivity index (χ4n) is 5.85. The number of ketones is 1. The first-order valence-electron chi connectivity index (χ1n) is 8.57. The molecule has 4 rings (SSSR count). The lowest BCUT2D eigenvalue weighted by atomic mass is 9.51. The maximum atomic E-state index is 11.8. The van der Waals surface area contributed by atoms with Crippen molar-refractivity contribution in [3.05, 3.63) is 23.3 Å². The van der Waals surface area contributed by atoms with Crippen molar-refractivity contribution in [1.82, 2.24) is 0 Å². The molecule has 1 N–H and O–H groups in total. The van der Waals surface area contributed by atoms with Gasteiger partial charge in [-0.1, -0.05) is 31.1 Å². The highest BCUT2D eigenvalue weighted by Crippen LogP contribution is 2.62. The van der Waals surface area contributed by atoms with Crippen molar-refractivity contribution >= 4 is 5.78 Å². The average Bonchev–Trinajstić information content (AvgIpc) is 2.76. The van der Waals surface area contributed by atoms with Crippen molar-refractivity contribution < 1.29 is 9.90 Å². The van der Waals surface area contributed by atoms with Crippen molar-refractivity contribution in [3.8, 4) is 0 Å². The second-order valence-corrected chi connectivity index (χ2v) is 8.17. The molecule has 0 unspecified atom stereocenters. The number of carbonyl (C=O) groups excluding carboxylic acids is 1. The Labute approximate surface area is 127 Å². The number of aliphatic hydroxyl groups excluding tert-OH is 1. The molecule has 0 aromatic heterocycles. The third-order valence-electron chi connectivity index (χ3n) is 7.32. The van der Waals surface area contributed by atoms with E-state index in [9.17, 15) is 9.90 Å². The standard InChI is InChI=1S/C19H26O2/c1-18-9-7-13(20)11-12(18)3-4-14-15-5-6-17(21)19(15,2)10-8-16(14)18/h7,9,12,16-17,21H,3-6,8,10-11H2,1-2H3/t12-,16-,17-,18-,19-/m0/s1. The summed E-state index contributed by atoms with van der Waals surface area (Å²) in [6.07, 6.45) is 11.3. The summed E-state index contributed by atoms with van der Waals surface area (Å²) in [7, 11) is 0. The lowest BCUT2D eigenvalue weighted by molar-refractivity contribution is -0.117. The molecule has 0 aliphatic heterocycles. The predicted octanol–water partition coefficient (Wildman–Crippen LogP) is 3.80. The minimum absolute atomic E-state index is 0.0449. The maximum absolute atomic E-state index is 11.8. The quantitative estimate of drug-likeness (QED) is 0.688. The molecule has 0 bridgehead atoms. The lowest BCUT2D eigenvalue weighted by Crippen LogP contribution is -2.45. The molecule has 2 saturated carbocycles. The molecule has 0 saturated heterocycles. The van der Waals surface area contributed by atoms with Crippen molar-refractivity contribution in [3.63, 3.8) is 0 Å². The van der Waals surface area contributed by atoms with Gasteiger partial charge in [0, 0.05) is 11.8 Å². The van der Waals surface area contributed by atoms with Crippen LogP contribution in [0.4, 0.5) is 0 Å². The molecule has 5 atom stereocenters. The van der Waals surface area contributed by atoms with Gasteiger partial charge in [0.25, 0.3) is 0 Å². The van der Waals surface area contributed by atoms with Crippen LogP contribution in [0.5, 0.6) is 0 Å². The Kier molecular flexibility index (Phi) is 2.83. The first kappa shape index (κ1) is 13.8. The van der Waals surface area contributed by atoms with Crippen LogP contribution in [0.2, 0.25) is 0 Å². The predicted molar refractivity (Wildman–Crippen MR) is 82.7 cm³/mol. The second-order valence-electron chi connectivity index (χ2n) is 8.17. The first-order chi connectivity index (χ1) is 9.95. The fraction of sp³-hybridized carbons (Fsp3) is 0.737. The van der Waals surface area contributed by atoms with Gasteiger partial charge in [0.1, 0.15) is 0 Å². The van der Waals surface area contributed by atoms with E-state index in [1.54, 1.807) is 11.1 Å². The van der Waals surface area contributed by atoms with E-state index in [0.29, 0.717) is 17.6 Å². The minimum atomic E-state index is -0.144. The van der Waals surface area contributed by atoms with Crippen LogP contribution in [0, 0.1) is 22.7 Å². The summed E-state index contributed by atoms with van der Waals surface area (Å²) in [6.45, 7) is 4.65. The summed E-state index contributed by atoms with van der Waals surface area (Å²) in [4.78, 5) is 11.8. The Balaban J connectivity index is 1.79. The zero-order valence-corrected chi connectivity index (χ0v) is 13.2. The Hall–Kier alpha value is -0.890. The van der Waals surface area contributed by atoms with Gasteiger partial charge in [-0.2, -0.15) is 0 Å². The smallest absolute Gasteiger partial charge is 0.155 e. The first-order valence-corrected chi connectivity index (χ1v) is 8.57. The molecular weight excluding hydrogens is 260 g/mol.